The number of ether oxygens (including phenoxy) is 1. The molecule has 4 rings (SSSR count). The highest BCUT2D eigenvalue weighted by atomic mass is 32.2. The van der Waals surface area contributed by atoms with E-state index in [4.69, 9.17) is 4.74 Å². The fourth-order valence-corrected chi connectivity index (χ4v) is 5.26. The van der Waals surface area contributed by atoms with Crippen molar-refractivity contribution in [2.24, 2.45) is 0 Å². The highest BCUT2D eigenvalue weighted by Gasteiger charge is 2.30. The first-order valence-electron chi connectivity index (χ1n) is 9.41. The smallest absolute Gasteiger partial charge is 0.243 e. The Morgan fingerprint density at radius 2 is 1.79 bits per heavy atom. The maximum absolute atomic E-state index is 13.3. The van der Waals surface area contributed by atoms with Gasteiger partial charge in [0.1, 0.15) is 5.75 Å². The average Bonchev–Trinajstić information content (AvgIpc) is 2.74. The van der Waals surface area contributed by atoms with Crippen LogP contribution in [0.25, 0.3) is 10.8 Å². The lowest BCUT2D eigenvalue weighted by Gasteiger charge is -2.36. The van der Waals surface area contributed by atoms with Gasteiger partial charge in [-0.2, -0.15) is 4.31 Å². The monoisotopic (exact) mass is 397 g/mol. The minimum Gasteiger partial charge on any atom is -0.492 e. The van der Waals surface area contributed by atoms with Crippen LogP contribution in [0.4, 0.5) is 5.69 Å². The molecule has 0 radical (unpaired) electrons. The van der Waals surface area contributed by atoms with E-state index >= 15 is 0 Å². The summed E-state index contributed by atoms with van der Waals surface area (Å²) in [4.78, 5) is 6.62. The molecule has 1 aliphatic heterocycles. The molecule has 3 aromatic rings. The van der Waals surface area contributed by atoms with Crippen molar-refractivity contribution in [1.29, 1.82) is 0 Å². The molecular formula is C21H23N3O3S. The third kappa shape index (κ3) is 3.43. The normalized spacial score (nSPS) is 15.7. The Balaban J connectivity index is 1.57. The maximum Gasteiger partial charge on any atom is 0.243 e. The van der Waals surface area contributed by atoms with Crippen LogP contribution < -0.4 is 9.64 Å². The van der Waals surface area contributed by atoms with Crippen LogP contribution >= 0.6 is 0 Å². The topological polar surface area (TPSA) is 62.7 Å². The fourth-order valence-electron chi connectivity index (χ4n) is 3.62. The number of para-hydroxylation sites is 2. The van der Waals surface area contributed by atoms with Crippen molar-refractivity contribution < 1.29 is 13.2 Å². The number of sulfonamides is 1. The SMILES string of the molecule is CCOc1ccccc1N1CCN(S(=O)(=O)c2cccc3cnccc23)CC1. The van der Waals surface area contributed by atoms with Crippen LogP contribution in [0.5, 0.6) is 5.75 Å². The van der Waals surface area contributed by atoms with E-state index in [0.717, 1.165) is 16.8 Å². The van der Waals surface area contributed by atoms with Gasteiger partial charge in [0, 0.05) is 49.3 Å². The van der Waals surface area contributed by atoms with Crippen LogP contribution in [0, 0.1) is 0 Å². The Morgan fingerprint density at radius 1 is 1.00 bits per heavy atom. The van der Waals surface area contributed by atoms with Crippen molar-refractivity contribution >= 4 is 26.5 Å². The Kier molecular flexibility index (Phi) is 5.19. The molecule has 0 atom stereocenters. The summed E-state index contributed by atoms with van der Waals surface area (Å²) in [5.41, 5.74) is 1.01. The second kappa shape index (κ2) is 7.77. The van der Waals surface area contributed by atoms with Gasteiger partial charge in [-0.1, -0.05) is 24.3 Å². The molecule has 1 aliphatic rings. The van der Waals surface area contributed by atoms with E-state index in [9.17, 15) is 8.42 Å². The first-order valence-corrected chi connectivity index (χ1v) is 10.8. The molecule has 2 aromatic carbocycles. The minimum atomic E-state index is -3.57. The van der Waals surface area contributed by atoms with Crippen LogP contribution in [-0.2, 0) is 10.0 Å². The summed E-state index contributed by atoms with van der Waals surface area (Å²) in [6, 6.07) is 15.0. The van der Waals surface area contributed by atoms with Gasteiger partial charge < -0.3 is 9.64 Å². The number of nitrogens with zero attached hydrogens (tertiary/aromatic N) is 3. The molecule has 0 saturated carbocycles. The van der Waals surface area contributed by atoms with E-state index in [0.29, 0.717) is 43.1 Å². The first-order chi connectivity index (χ1) is 13.6. The summed E-state index contributed by atoms with van der Waals surface area (Å²) in [6.45, 7) is 4.67. The quantitative estimate of drug-likeness (QED) is 0.662. The zero-order valence-electron chi connectivity index (χ0n) is 15.8. The summed E-state index contributed by atoms with van der Waals surface area (Å²) in [5.74, 6) is 0.836. The molecule has 28 heavy (non-hydrogen) atoms. The summed E-state index contributed by atoms with van der Waals surface area (Å²) in [7, 11) is -3.57. The molecule has 0 N–H and O–H groups in total. The van der Waals surface area contributed by atoms with Gasteiger partial charge in [-0.3, -0.25) is 4.98 Å². The zero-order chi connectivity index (χ0) is 19.6. The third-order valence-corrected chi connectivity index (χ3v) is 6.96. The van der Waals surface area contributed by atoms with Crippen molar-refractivity contribution in [3.05, 3.63) is 60.9 Å². The third-order valence-electron chi connectivity index (χ3n) is 5.00. The lowest BCUT2D eigenvalue weighted by Crippen LogP contribution is -2.48. The summed E-state index contributed by atoms with van der Waals surface area (Å²) in [6.07, 6.45) is 3.32. The van der Waals surface area contributed by atoms with Gasteiger partial charge in [0.05, 0.1) is 17.2 Å². The van der Waals surface area contributed by atoms with E-state index in [1.807, 2.05) is 37.3 Å². The molecule has 1 aromatic heterocycles. The number of benzene rings is 2. The van der Waals surface area contributed by atoms with Gasteiger partial charge in [-0.15, -0.1) is 0 Å². The Labute approximate surface area is 165 Å². The van der Waals surface area contributed by atoms with Gasteiger partial charge >= 0.3 is 0 Å². The summed E-state index contributed by atoms with van der Waals surface area (Å²) < 4.78 is 33.8. The van der Waals surface area contributed by atoms with Crippen molar-refractivity contribution in [2.45, 2.75) is 11.8 Å². The van der Waals surface area contributed by atoms with Crippen LogP contribution in [0.3, 0.4) is 0 Å². The van der Waals surface area contributed by atoms with E-state index in [1.54, 1.807) is 34.9 Å². The number of hydrogen-bond donors (Lipinski definition) is 0. The molecule has 1 saturated heterocycles. The fraction of sp³-hybridized carbons (Fsp3) is 0.286. The number of pyridine rings is 1. The second-order valence-electron chi connectivity index (χ2n) is 6.64. The van der Waals surface area contributed by atoms with Gasteiger partial charge in [0.2, 0.25) is 10.0 Å². The predicted molar refractivity (Wildman–Crippen MR) is 110 cm³/mol. The molecule has 146 valence electrons. The first kappa shape index (κ1) is 18.7. The lowest BCUT2D eigenvalue weighted by atomic mass is 10.2. The summed E-state index contributed by atoms with van der Waals surface area (Å²) >= 11 is 0. The highest BCUT2D eigenvalue weighted by Crippen LogP contribution is 2.31. The summed E-state index contributed by atoms with van der Waals surface area (Å²) in [5, 5.41) is 1.54. The molecule has 1 fully saturated rings. The number of hydrogen-bond acceptors (Lipinski definition) is 5. The van der Waals surface area contributed by atoms with E-state index < -0.39 is 10.0 Å². The van der Waals surface area contributed by atoms with Gasteiger partial charge in [-0.05, 0) is 31.2 Å². The van der Waals surface area contributed by atoms with Crippen molar-refractivity contribution in [1.82, 2.24) is 9.29 Å². The predicted octanol–water partition coefficient (Wildman–Crippen LogP) is 3.14. The number of rotatable bonds is 5. The van der Waals surface area contributed by atoms with Gasteiger partial charge in [-0.25, -0.2) is 8.42 Å². The number of fused-ring (bicyclic) bond motifs is 1. The molecule has 7 heteroatoms. The maximum atomic E-state index is 13.3. The van der Waals surface area contributed by atoms with Crippen LogP contribution in [0.2, 0.25) is 0 Å². The van der Waals surface area contributed by atoms with Crippen molar-refractivity contribution in [2.75, 3.05) is 37.7 Å². The van der Waals surface area contributed by atoms with Gasteiger partial charge in [0.15, 0.2) is 0 Å². The number of anilines is 1. The molecule has 0 unspecified atom stereocenters. The standard InChI is InChI=1S/C21H23N3O3S/c1-2-27-20-8-4-3-7-19(20)23-12-14-24(15-13-23)28(25,26)21-9-5-6-17-16-22-11-10-18(17)21/h3-11,16H,2,12-15H2,1H3. The number of aromatic nitrogens is 1. The van der Waals surface area contributed by atoms with Crippen molar-refractivity contribution in [3.63, 3.8) is 0 Å². The minimum absolute atomic E-state index is 0.343. The van der Waals surface area contributed by atoms with Crippen LogP contribution in [0.15, 0.2) is 65.8 Å². The Morgan fingerprint density at radius 3 is 2.57 bits per heavy atom. The van der Waals surface area contributed by atoms with E-state index in [1.165, 1.54) is 0 Å². The highest BCUT2D eigenvalue weighted by molar-refractivity contribution is 7.89. The molecular weight excluding hydrogens is 374 g/mol. The molecule has 6 nitrogen and oxygen atoms in total. The Bertz CT molecular complexity index is 1070. The molecule has 0 spiro atoms. The van der Waals surface area contributed by atoms with Gasteiger partial charge in [0.25, 0.3) is 0 Å². The number of piperazine rings is 1. The molecule has 0 bridgehead atoms. The Hall–Kier alpha value is -2.64. The van der Waals surface area contributed by atoms with E-state index in [2.05, 4.69) is 9.88 Å². The zero-order valence-corrected chi connectivity index (χ0v) is 16.6. The molecule has 2 heterocycles. The van der Waals surface area contributed by atoms with Crippen LogP contribution in [0.1, 0.15) is 6.92 Å². The largest absolute Gasteiger partial charge is 0.492 e. The molecule has 0 aliphatic carbocycles. The second-order valence-corrected chi connectivity index (χ2v) is 8.55. The van der Waals surface area contributed by atoms with E-state index in [-0.39, 0.29) is 0 Å². The molecule has 0 amide bonds. The lowest BCUT2D eigenvalue weighted by molar-refractivity contribution is 0.337. The average molecular weight is 398 g/mol. The van der Waals surface area contributed by atoms with Crippen LogP contribution in [-0.4, -0.2) is 50.5 Å². The van der Waals surface area contributed by atoms with Crippen molar-refractivity contribution in [3.8, 4) is 5.75 Å².